The van der Waals surface area contributed by atoms with Gasteiger partial charge in [-0.2, -0.15) is 0 Å². The number of hydrogen-bond acceptors (Lipinski definition) is 6. The van der Waals surface area contributed by atoms with Gasteiger partial charge in [0.2, 0.25) is 5.91 Å². The van der Waals surface area contributed by atoms with Crippen LogP contribution in [-0.2, 0) is 11.3 Å². The average Bonchev–Trinajstić information content (AvgIpc) is 2.83. The number of likely N-dealkylation sites (tertiary alicyclic amines) is 1. The number of amides is 3. The van der Waals surface area contributed by atoms with Gasteiger partial charge in [-0.1, -0.05) is 0 Å². The fourth-order valence-electron chi connectivity index (χ4n) is 4.45. The highest BCUT2D eigenvalue weighted by Crippen LogP contribution is 2.36. The Bertz CT molecular complexity index is 1190. The second kappa shape index (κ2) is 8.38. The summed E-state index contributed by atoms with van der Waals surface area (Å²) in [7, 11) is 0. The minimum Gasteiger partial charge on any atom is -0.343 e. The zero-order chi connectivity index (χ0) is 22.2. The topological polar surface area (TPSA) is 91.3 Å². The Balaban J connectivity index is 1.57. The monoisotopic (exact) mass is 448 g/mol. The Morgan fingerprint density at radius 3 is 2.62 bits per heavy atom. The number of fused-ring (bicyclic) bond motifs is 3. The highest BCUT2D eigenvalue weighted by molar-refractivity contribution is 7.98. The van der Waals surface area contributed by atoms with Crippen LogP contribution in [0.5, 0.6) is 0 Å². The van der Waals surface area contributed by atoms with Gasteiger partial charge in [-0.3, -0.25) is 14.7 Å². The number of nitrogens with one attached hydrogen (secondary N) is 1. The summed E-state index contributed by atoms with van der Waals surface area (Å²) < 4.78 is 0. The Labute approximate surface area is 190 Å². The van der Waals surface area contributed by atoms with E-state index in [2.05, 4.69) is 15.3 Å². The van der Waals surface area contributed by atoms with E-state index in [1.54, 1.807) is 18.7 Å². The molecule has 8 nitrogen and oxygen atoms in total. The highest BCUT2D eigenvalue weighted by atomic mass is 32.2. The molecular formula is C23H24N6O2S. The summed E-state index contributed by atoms with van der Waals surface area (Å²) in [6.07, 6.45) is 7.11. The number of rotatable bonds is 3. The first kappa shape index (κ1) is 20.7. The van der Waals surface area contributed by atoms with Crippen molar-refractivity contribution in [2.75, 3.05) is 24.2 Å². The van der Waals surface area contributed by atoms with Gasteiger partial charge in [0.25, 0.3) is 0 Å². The molecule has 0 saturated carbocycles. The molecule has 1 fully saturated rings. The number of anilines is 1. The molecule has 2 aliphatic heterocycles. The standard InChI is InChI=1S/C23H24N6O2S/c1-14(30)28-9-7-17(8-10-28)29-22-16(13-26-23(29)31)12-24-19-5-4-18(27-21(19)22)15-3-6-20(32-2)25-11-15/h3-6,11-12,17H,7-10,13H2,1-2H3,(H,26,31). The smallest absolute Gasteiger partial charge is 0.322 e. The van der Waals surface area contributed by atoms with Crippen molar-refractivity contribution in [2.45, 2.75) is 37.4 Å². The van der Waals surface area contributed by atoms with Gasteiger partial charge in [0.15, 0.2) is 0 Å². The number of nitrogens with zero attached hydrogens (tertiary/aromatic N) is 5. The lowest BCUT2D eigenvalue weighted by Gasteiger charge is -2.40. The van der Waals surface area contributed by atoms with Crippen molar-refractivity contribution in [1.29, 1.82) is 0 Å². The van der Waals surface area contributed by atoms with Crippen molar-refractivity contribution in [3.05, 3.63) is 42.2 Å². The lowest BCUT2D eigenvalue weighted by atomic mass is 9.99. The molecule has 5 heterocycles. The van der Waals surface area contributed by atoms with Gasteiger partial charge in [-0.15, -0.1) is 11.8 Å². The molecule has 3 aromatic heterocycles. The SMILES string of the molecule is CSc1ccc(-c2ccc3ncc4c(c3n2)N(C2CCN(C(C)=O)CC2)C(=O)NC4)cn1. The maximum atomic E-state index is 13.0. The Morgan fingerprint density at radius 1 is 1.12 bits per heavy atom. The molecule has 0 atom stereocenters. The van der Waals surface area contributed by atoms with E-state index in [-0.39, 0.29) is 18.0 Å². The van der Waals surface area contributed by atoms with Crippen LogP contribution >= 0.6 is 11.8 Å². The van der Waals surface area contributed by atoms with Crippen LogP contribution in [0.1, 0.15) is 25.3 Å². The molecule has 3 aromatic rings. The molecule has 0 aliphatic carbocycles. The normalized spacial score (nSPS) is 16.8. The summed E-state index contributed by atoms with van der Waals surface area (Å²) in [6, 6.07) is 7.76. The van der Waals surface area contributed by atoms with Crippen LogP contribution in [0.3, 0.4) is 0 Å². The van der Waals surface area contributed by atoms with Crippen LogP contribution in [-0.4, -0.2) is 57.2 Å². The van der Waals surface area contributed by atoms with E-state index in [9.17, 15) is 9.59 Å². The number of piperidine rings is 1. The zero-order valence-electron chi connectivity index (χ0n) is 18.0. The minimum atomic E-state index is -0.121. The molecular weight excluding hydrogens is 424 g/mol. The van der Waals surface area contributed by atoms with E-state index in [0.29, 0.717) is 19.6 Å². The molecule has 0 radical (unpaired) electrons. The van der Waals surface area contributed by atoms with Crippen molar-refractivity contribution in [1.82, 2.24) is 25.2 Å². The fraction of sp³-hybridized carbons (Fsp3) is 0.348. The number of hydrogen-bond donors (Lipinski definition) is 1. The summed E-state index contributed by atoms with van der Waals surface area (Å²) in [5, 5.41) is 3.92. The molecule has 1 N–H and O–H groups in total. The third-order valence-electron chi connectivity index (χ3n) is 6.17. The number of carbonyl (C=O) groups excluding carboxylic acids is 2. The Morgan fingerprint density at radius 2 is 1.94 bits per heavy atom. The maximum absolute atomic E-state index is 13.0. The van der Waals surface area contributed by atoms with E-state index >= 15 is 0 Å². The largest absolute Gasteiger partial charge is 0.343 e. The summed E-state index contributed by atoms with van der Waals surface area (Å²) in [5.74, 6) is 0.0778. The Hall–Kier alpha value is -3.20. The van der Waals surface area contributed by atoms with E-state index in [4.69, 9.17) is 4.98 Å². The molecule has 0 unspecified atom stereocenters. The summed E-state index contributed by atoms with van der Waals surface area (Å²) >= 11 is 1.59. The quantitative estimate of drug-likeness (QED) is 0.617. The van der Waals surface area contributed by atoms with Crippen LogP contribution in [0.2, 0.25) is 0 Å². The summed E-state index contributed by atoms with van der Waals surface area (Å²) in [6.45, 7) is 3.31. The van der Waals surface area contributed by atoms with E-state index < -0.39 is 0 Å². The first-order valence-electron chi connectivity index (χ1n) is 10.7. The number of carbonyl (C=O) groups is 2. The first-order valence-corrected chi connectivity index (χ1v) is 11.9. The number of urea groups is 1. The van der Waals surface area contributed by atoms with Crippen molar-refractivity contribution in [3.63, 3.8) is 0 Å². The molecule has 164 valence electrons. The molecule has 2 aliphatic rings. The van der Waals surface area contributed by atoms with E-state index in [0.717, 1.165) is 51.4 Å². The van der Waals surface area contributed by atoms with Gasteiger partial charge >= 0.3 is 6.03 Å². The van der Waals surface area contributed by atoms with E-state index in [1.165, 1.54) is 0 Å². The number of pyridine rings is 3. The molecule has 9 heteroatoms. The maximum Gasteiger partial charge on any atom is 0.322 e. The molecule has 0 bridgehead atoms. The molecule has 1 saturated heterocycles. The van der Waals surface area contributed by atoms with Crippen molar-refractivity contribution in [2.24, 2.45) is 0 Å². The second-order valence-electron chi connectivity index (χ2n) is 8.05. The van der Waals surface area contributed by atoms with Gasteiger partial charge in [-0.25, -0.2) is 14.8 Å². The predicted octanol–water partition coefficient (Wildman–Crippen LogP) is 3.45. The molecule has 32 heavy (non-hydrogen) atoms. The average molecular weight is 449 g/mol. The van der Waals surface area contributed by atoms with E-state index in [1.807, 2.05) is 52.7 Å². The number of thioether (sulfide) groups is 1. The molecule has 0 aromatic carbocycles. The van der Waals surface area contributed by atoms with Gasteiger partial charge in [0, 0.05) is 56.1 Å². The van der Waals surface area contributed by atoms with Crippen LogP contribution in [0.25, 0.3) is 22.3 Å². The molecule has 5 rings (SSSR count). The van der Waals surface area contributed by atoms with Crippen LogP contribution in [0, 0.1) is 0 Å². The fourth-order valence-corrected chi connectivity index (χ4v) is 4.81. The summed E-state index contributed by atoms with van der Waals surface area (Å²) in [5.41, 5.74) is 4.97. The second-order valence-corrected chi connectivity index (χ2v) is 8.88. The van der Waals surface area contributed by atoms with Crippen molar-refractivity contribution < 1.29 is 9.59 Å². The highest BCUT2D eigenvalue weighted by Gasteiger charge is 2.35. The summed E-state index contributed by atoms with van der Waals surface area (Å²) in [4.78, 5) is 42.4. The van der Waals surface area contributed by atoms with Crippen molar-refractivity contribution in [3.8, 4) is 11.3 Å². The minimum absolute atomic E-state index is 0.00300. The Kier molecular flexibility index (Phi) is 5.42. The van der Waals surface area contributed by atoms with Gasteiger partial charge in [-0.05, 0) is 43.4 Å². The lowest BCUT2D eigenvalue weighted by molar-refractivity contribution is -0.129. The third kappa shape index (κ3) is 3.66. The first-order chi connectivity index (χ1) is 15.5. The van der Waals surface area contributed by atoms with Crippen molar-refractivity contribution >= 4 is 40.4 Å². The van der Waals surface area contributed by atoms with Crippen LogP contribution < -0.4 is 10.2 Å². The van der Waals surface area contributed by atoms with Crippen LogP contribution in [0.4, 0.5) is 10.5 Å². The van der Waals surface area contributed by atoms with Gasteiger partial charge in [0.05, 0.1) is 21.9 Å². The third-order valence-corrected chi connectivity index (χ3v) is 6.83. The predicted molar refractivity (Wildman–Crippen MR) is 125 cm³/mol. The van der Waals surface area contributed by atoms with Crippen LogP contribution in [0.15, 0.2) is 41.7 Å². The molecule has 0 spiro atoms. The number of aromatic nitrogens is 3. The molecule has 3 amide bonds. The lowest BCUT2D eigenvalue weighted by Crippen LogP contribution is -2.54. The zero-order valence-corrected chi connectivity index (χ0v) is 18.9. The van der Waals surface area contributed by atoms with Gasteiger partial charge in [0.1, 0.15) is 5.52 Å². The van der Waals surface area contributed by atoms with Gasteiger partial charge < -0.3 is 10.2 Å².